The zero-order chi connectivity index (χ0) is 16.3. The van der Waals surface area contributed by atoms with Crippen LogP contribution in [0.5, 0.6) is 5.75 Å². The molecular formula is C18H20O4. The van der Waals surface area contributed by atoms with Crippen molar-refractivity contribution in [1.82, 2.24) is 0 Å². The lowest BCUT2D eigenvalue weighted by molar-refractivity contribution is 0.0597. The molecule has 0 saturated carbocycles. The normalized spacial score (nSPS) is 12.0. The monoisotopic (exact) mass is 300 g/mol. The number of benzene rings is 2. The van der Waals surface area contributed by atoms with Gasteiger partial charge in [0.2, 0.25) is 0 Å². The zero-order valence-electron chi connectivity index (χ0n) is 13.0. The Labute approximate surface area is 130 Å². The lowest BCUT2D eigenvalue weighted by Crippen LogP contribution is -2.06. The number of hydrogen-bond donors (Lipinski definition) is 2. The molecule has 2 N–H and O–H groups in total. The van der Waals surface area contributed by atoms with Gasteiger partial charge < -0.3 is 14.9 Å². The van der Waals surface area contributed by atoms with Crippen LogP contribution in [0.4, 0.5) is 0 Å². The second kappa shape index (κ2) is 6.62. The highest BCUT2D eigenvalue weighted by Gasteiger charge is 2.15. The van der Waals surface area contributed by atoms with Crippen LogP contribution < -0.4 is 0 Å². The Bertz CT molecular complexity index is 691. The molecule has 0 aliphatic heterocycles. The van der Waals surface area contributed by atoms with Crippen molar-refractivity contribution in [3.05, 3.63) is 64.2 Å². The van der Waals surface area contributed by atoms with Gasteiger partial charge in [0.25, 0.3) is 0 Å². The molecule has 22 heavy (non-hydrogen) atoms. The number of aromatic hydroxyl groups is 1. The van der Waals surface area contributed by atoms with E-state index in [1.165, 1.54) is 13.2 Å². The predicted molar refractivity (Wildman–Crippen MR) is 84.0 cm³/mol. The smallest absolute Gasteiger partial charge is 0.341 e. The van der Waals surface area contributed by atoms with Crippen molar-refractivity contribution in [2.45, 2.75) is 26.4 Å². The van der Waals surface area contributed by atoms with Gasteiger partial charge in [0.05, 0.1) is 13.2 Å². The van der Waals surface area contributed by atoms with Gasteiger partial charge in [-0.3, -0.25) is 0 Å². The molecule has 0 bridgehead atoms. The molecule has 2 rings (SSSR count). The van der Waals surface area contributed by atoms with Crippen molar-refractivity contribution >= 4 is 5.97 Å². The number of carbonyl (C=O) groups excluding carboxylic acids is 1. The number of phenolic OH excluding ortho intramolecular Hbond substituents is 1. The summed E-state index contributed by atoms with van der Waals surface area (Å²) >= 11 is 0. The van der Waals surface area contributed by atoms with Gasteiger partial charge in [-0.05, 0) is 42.7 Å². The lowest BCUT2D eigenvalue weighted by Gasteiger charge is -2.15. The van der Waals surface area contributed by atoms with Crippen LogP contribution in [0.3, 0.4) is 0 Å². The number of aliphatic hydroxyl groups is 1. The van der Waals surface area contributed by atoms with E-state index in [0.717, 1.165) is 22.3 Å². The Morgan fingerprint density at radius 1 is 1.18 bits per heavy atom. The maximum Gasteiger partial charge on any atom is 0.341 e. The van der Waals surface area contributed by atoms with Crippen LogP contribution in [-0.4, -0.2) is 23.3 Å². The first-order valence-electron chi connectivity index (χ1n) is 7.07. The van der Waals surface area contributed by atoms with Crippen molar-refractivity contribution in [1.29, 1.82) is 0 Å². The van der Waals surface area contributed by atoms with Gasteiger partial charge in [-0.1, -0.05) is 29.8 Å². The van der Waals surface area contributed by atoms with Gasteiger partial charge in [-0.15, -0.1) is 0 Å². The van der Waals surface area contributed by atoms with Crippen molar-refractivity contribution in [3.63, 3.8) is 0 Å². The topological polar surface area (TPSA) is 66.8 Å². The molecule has 4 nitrogen and oxygen atoms in total. The second-order valence-electron chi connectivity index (χ2n) is 5.42. The highest BCUT2D eigenvalue weighted by molar-refractivity contribution is 5.92. The van der Waals surface area contributed by atoms with E-state index in [-0.39, 0.29) is 11.3 Å². The van der Waals surface area contributed by atoms with E-state index in [2.05, 4.69) is 4.74 Å². The third-order valence-corrected chi connectivity index (χ3v) is 3.68. The molecule has 0 saturated heterocycles. The Hall–Kier alpha value is -2.33. The third kappa shape index (κ3) is 3.46. The van der Waals surface area contributed by atoms with Gasteiger partial charge in [0.1, 0.15) is 11.3 Å². The number of ether oxygens (including phenoxy) is 1. The number of methoxy groups -OCH3 is 1. The molecule has 0 aromatic heterocycles. The van der Waals surface area contributed by atoms with Crippen LogP contribution in [0, 0.1) is 13.8 Å². The summed E-state index contributed by atoms with van der Waals surface area (Å²) in [6.45, 7) is 3.97. The Kier molecular flexibility index (Phi) is 4.83. The molecule has 1 unspecified atom stereocenters. The summed E-state index contributed by atoms with van der Waals surface area (Å²) in [5, 5.41) is 20.1. The van der Waals surface area contributed by atoms with Crippen LogP contribution in [0.2, 0.25) is 0 Å². The SMILES string of the molecule is COC(=O)c1cc(CC(O)c2ccc(C)cc2C)ccc1O. The molecule has 0 spiro atoms. The number of esters is 1. The first-order chi connectivity index (χ1) is 10.4. The number of aliphatic hydroxyl groups excluding tert-OH is 1. The van der Waals surface area contributed by atoms with Crippen molar-refractivity contribution in [2.75, 3.05) is 7.11 Å². The maximum atomic E-state index is 11.6. The fourth-order valence-electron chi connectivity index (χ4n) is 2.52. The maximum absolute atomic E-state index is 11.6. The zero-order valence-corrected chi connectivity index (χ0v) is 13.0. The minimum absolute atomic E-state index is 0.104. The Morgan fingerprint density at radius 3 is 2.55 bits per heavy atom. The quantitative estimate of drug-likeness (QED) is 0.852. The first-order valence-corrected chi connectivity index (χ1v) is 7.07. The van der Waals surface area contributed by atoms with E-state index in [9.17, 15) is 15.0 Å². The Balaban J connectivity index is 2.25. The van der Waals surface area contributed by atoms with E-state index < -0.39 is 12.1 Å². The molecule has 116 valence electrons. The van der Waals surface area contributed by atoms with Gasteiger partial charge >= 0.3 is 5.97 Å². The minimum atomic E-state index is -0.671. The standard InChI is InChI=1S/C18H20O4/c1-11-4-6-14(12(2)8-11)17(20)10-13-5-7-16(19)15(9-13)18(21)22-3/h4-9,17,19-20H,10H2,1-3H3. The first kappa shape index (κ1) is 16.0. The fourth-order valence-corrected chi connectivity index (χ4v) is 2.52. The van der Waals surface area contributed by atoms with E-state index in [0.29, 0.717) is 6.42 Å². The Morgan fingerprint density at radius 2 is 1.91 bits per heavy atom. The molecular weight excluding hydrogens is 280 g/mol. The molecule has 2 aromatic carbocycles. The molecule has 0 amide bonds. The van der Waals surface area contributed by atoms with Gasteiger partial charge in [0.15, 0.2) is 0 Å². The predicted octanol–water partition coefficient (Wildman–Crippen LogP) is 3.07. The second-order valence-corrected chi connectivity index (χ2v) is 5.42. The average Bonchev–Trinajstić information content (AvgIpc) is 2.48. The van der Waals surface area contributed by atoms with Gasteiger partial charge in [-0.2, -0.15) is 0 Å². The molecule has 0 heterocycles. The van der Waals surface area contributed by atoms with E-state index in [1.807, 2.05) is 32.0 Å². The van der Waals surface area contributed by atoms with Crippen molar-refractivity contribution in [3.8, 4) is 5.75 Å². The van der Waals surface area contributed by atoms with Crippen LogP contribution in [0.15, 0.2) is 36.4 Å². The van der Waals surface area contributed by atoms with Crippen LogP contribution in [0.25, 0.3) is 0 Å². The van der Waals surface area contributed by atoms with Gasteiger partial charge in [0, 0.05) is 6.42 Å². The molecule has 4 heteroatoms. The van der Waals surface area contributed by atoms with E-state index >= 15 is 0 Å². The lowest BCUT2D eigenvalue weighted by atomic mass is 9.95. The summed E-state index contributed by atoms with van der Waals surface area (Å²) < 4.78 is 4.63. The van der Waals surface area contributed by atoms with Crippen molar-refractivity contribution < 1.29 is 19.7 Å². The average molecular weight is 300 g/mol. The summed E-state index contributed by atoms with van der Waals surface area (Å²) in [4.78, 5) is 11.6. The van der Waals surface area contributed by atoms with E-state index in [1.54, 1.807) is 12.1 Å². The molecule has 0 fully saturated rings. The number of rotatable bonds is 4. The third-order valence-electron chi connectivity index (χ3n) is 3.68. The minimum Gasteiger partial charge on any atom is -0.507 e. The molecule has 2 aromatic rings. The van der Waals surface area contributed by atoms with Crippen LogP contribution in [0.1, 0.15) is 38.7 Å². The number of carbonyl (C=O) groups is 1. The summed E-state index contributed by atoms with van der Waals surface area (Å²) in [5.41, 5.74) is 3.89. The summed E-state index contributed by atoms with van der Waals surface area (Å²) in [5.74, 6) is -0.725. The number of hydrogen-bond acceptors (Lipinski definition) is 4. The summed E-state index contributed by atoms with van der Waals surface area (Å²) in [7, 11) is 1.26. The highest BCUT2D eigenvalue weighted by Crippen LogP contribution is 2.25. The van der Waals surface area contributed by atoms with Crippen molar-refractivity contribution in [2.24, 2.45) is 0 Å². The van der Waals surface area contributed by atoms with Crippen LogP contribution in [-0.2, 0) is 11.2 Å². The van der Waals surface area contributed by atoms with E-state index in [4.69, 9.17) is 0 Å². The number of phenols is 1. The summed E-state index contributed by atoms with van der Waals surface area (Å²) in [6.07, 6.45) is -0.315. The van der Waals surface area contributed by atoms with Crippen LogP contribution >= 0.6 is 0 Å². The molecule has 0 aliphatic carbocycles. The number of aryl methyl sites for hydroxylation is 2. The molecule has 0 radical (unpaired) electrons. The molecule has 1 atom stereocenters. The summed E-state index contributed by atoms with van der Waals surface area (Å²) in [6, 6.07) is 10.6. The largest absolute Gasteiger partial charge is 0.507 e. The van der Waals surface area contributed by atoms with Gasteiger partial charge in [-0.25, -0.2) is 4.79 Å². The highest BCUT2D eigenvalue weighted by atomic mass is 16.5. The fraction of sp³-hybridized carbons (Fsp3) is 0.278. The molecule has 0 aliphatic rings.